The molecule has 3 nitrogen and oxygen atoms in total. The number of nitrogens with zero attached hydrogens (tertiary/aromatic N) is 1. The van der Waals surface area contributed by atoms with Crippen LogP contribution in [-0.4, -0.2) is 35.6 Å². The number of aliphatic hydroxyl groups is 1. The summed E-state index contributed by atoms with van der Waals surface area (Å²) in [7, 11) is 0. The Kier molecular flexibility index (Phi) is 7.54. The van der Waals surface area contributed by atoms with Gasteiger partial charge in [0.2, 0.25) is 5.91 Å². The Morgan fingerprint density at radius 3 is 2.78 bits per heavy atom. The van der Waals surface area contributed by atoms with E-state index in [1.807, 2.05) is 17.9 Å². The van der Waals surface area contributed by atoms with Gasteiger partial charge in [-0.25, -0.2) is 0 Å². The first-order valence-electron chi connectivity index (χ1n) is 6.30. The van der Waals surface area contributed by atoms with Crippen molar-refractivity contribution in [3.8, 4) is 0 Å². The number of carbonyl (C=O) groups is 1. The van der Waals surface area contributed by atoms with E-state index in [0.717, 1.165) is 23.2 Å². The molecule has 0 unspecified atom stereocenters. The van der Waals surface area contributed by atoms with Crippen LogP contribution in [0, 0.1) is 0 Å². The van der Waals surface area contributed by atoms with Crippen molar-refractivity contribution in [3.63, 3.8) is 0 Å². The molecule has 5 heteroatoms. The molecule has 0 saturated heterocycles. The molecule has 1 aromatic rings. The zero-order chi connectivity index (χ0) is 13.4. The van der Waals surface area contributed by atoms with E-state index in [0.29, 0.717) is 19.4 Å². The van der Waals surface area contributed by atoms with E-state index in [-0.39, 0.29) is 12.5 Å². The quantitative estimate of drug-likeness (QED) is 0.794. The maximum absolute atomic E-state index is 11.9. The first kappa shape index (κ1) is 15.7. The molecule has 0 atom stereocenters. The summed E-state index contributed by atoms with van der Waals surface area (Å²) in [5.74, 6) is 0.196. The van der Waals surface area contributed by atoms with Gasteiger partial charge in [-0.2, -0.15) is 0 Å². The van der Waals surface area contributed by atoms with Crippen molar-refractivity contribution in [2.24, 2.45) is 0 Å². The normalized spacial score (nSPS) is 10.6. The van der Waals surface area contributed by atoms with E-state index in [9.17, 15) is 4.79 Å². The third-order valence-corrected chi connectivity index (χ3v) is 4.45. The average Bonchev–Trinajstić information content (AvgIpc) is 2.76. The van der Waals surface area contributed by atoms with Crippen molar-refractivity contribution in [2.75, 3.05) is 19.7 Å². The zero-order valence-electron chi connectivity index (χ0n) is 10.7. The standard InChI is InChI=1S/C13H20BrNO2S/c1-2-15(9-4-10-16)13(17)6-3-5-11-7-8-12(14)18-11/h7-8,16H,2-6,9-10H2,1H3. The molecule has 0 aliphatic rings. The summed E-state index contributed by atoms with van der Waals surface area (Å²) in [5.41, 5.74) is 0. The van der Waals surface area contributed by atoms with Gasteiger partial charge in [0, 0.05) is 31.0 Å². The molecule has 0 radical (unpaired) electrons. The highest BCUT2D eigenvalue weighted by Gasteiger charge is 2.10. The lowest BCUT2D eigenvalue weighted by Gasteiger charge is -2.20. The number of thiophene rings is 1. The first-order valence-corrected chi connectivity index (χ1v) is 7.91. The van der Waals surface area contributed by atoms with Gasteiger partial charge in [-0.1, -0.05) is 0 Å². The smallest absolute Gasteiger partial charge is 0.222 e. The van der Waals surface area contributed by atoms with Crippen LogP contribution in [0.3, 0.4) is 0 Å². The summed E-state index contributed by atoms with van der Waals surface area (Å²) in [5, 5.41) is 8.78. The molecular formula is C13H20BrNO2S. The minimum absolute atomic E-state index is 0.146. The lowest BCUT2D eigenvalue weighted by molar-refractivity contribution is -0.131. The van der Waals surface area contributed by atoms with Crippen LogP contribution in [0.25, 0.3) is 0 Å². The Balaban J connectivity index is 2.26. The number of hydrogen-bond donors (Lipinski definition) is 1. The van der Waals surface area contributed by atoms with Crippen molar-refractivity contribution in [1.82, 2.24) is 4.90 Å². The second kappa shape index (κ2) is 8.67. The van der Waals surface area contributed by atoms with Crippen LogP contribution in [0.4, 0.5) is 0 Å². The number of hydrogen-bond acceptors (Lipinski definition) is 3. The van der Waals surface area contributed by atoms with Crippen LogP contribution in [0.1, 0.15) is 31.1 Å². The van der Waals surface area contributed by atoms with Crippen molar-refractivity contribution >= 4 is 33.2 Å². The highest BCUT2D eigenvalue weighted by Crippen LogP contribution is 2.23. The second-order valence-electron chi connectivity index (χ2n) is 4.11. The van der Waals surface area contributed by atoms with Gasteiger partial charge in [0.15, 0.2) is 0 Å². The summed E-state index contributed by atoms with van der Waals surface area (Å²) in [6.45, 7) is 3.51. The SMILES string of the molecule is CCN(CCCO)C(=O)CCCc1ccc(Br)s1. The minimum Gasteiger partial charge on any atom is -0.396 e. The van der Waals surface area contributed by atoms with Crippen LogP contribution in [0.2, 0.25) is 0 Å². The Morgan fingerprint density at radius 2 is 2.22 bits per heavy atom. The van der Waals surface area contributed by atoms with Crippen LogP contribution in [0.5, 0.6) is 0 Å². The van der Waals surface area contributed by atoms with Crippen LogP contribution in [-0.2, 0) is 11.2 Å². The van der Waals surface area contributed by atoms with E-state index in [1.54, 1.807) is 11.3 Å². The minimum atomic E-state index is 0.146. The van der Waals surface area contributed by atoms with Gasteiger partial charge in [0.1, 0.15) is 0 Å². The lowest BCUT2D eigenvalue weighted by atomic mass is 10.2. The van der Waals surface area contributed by atoms with Gasteiger partial charge >= 0.3 is 0 Å². The summed E-state index contributed by atoms with van der Waals surface area (Å²) < 4.78 is 1.14. The molecule has 0 aliphatic heterocycles. The van der Waals surface area contributed by atoms with Crippen LogP contribution >= 0.6 is 27.3 Å². The molecule has 0 fully saturated rings. The molecule has 18 heavy (non-hydrogen) atoms. The summed E-state index contributed by atoms with van der Waals surface area (Å²) in [6, 6.07) is 4.14. The predicted molar refractivity (Wildman–Crippen MR) is 78.9 cm³/mol. The average molecular weight is 334 g/mol. The van der Waals surface area contributed by atoms with E-state index in [4.69, 9.17) is 5.11 Å². The molecule has 0 bridgehead atoms. The second-order valence-corrected chi connectivity index (χ2v) is 6.66. The Labute approximate surface area is 121 Å². The molecule has 1 amide bonds. The van der Waals surface area contributed by atoms with E-state index >= 15 is 0 Å². The molecule has 1 aromatic heterocycles. The van der Waals surface area contributed by atoms with Crippen LogP contribution < -0.4 is 0 Å². The maximum Gasteiger partial charge on any atom is 0.222 e. The zero-order valence-corrected chi connectivity index (χ0v) is 13.1. The van der Waals surface area contributed by atoms with E-state index in [1.165, 1.54) is 4.88 Å². The van der Waals surface area contributed by atoms with Gasteiger partial charge in [0.25, 0.3) is 0 Å². The Hall–Kier alpha value is -0.390. The fourth-order valence-electron chi connectivity index (χ4n) is 1.78. The monoisotopic (exact) mass is 333 g/mol. The fraction of sp³-hybridized carbons (Fsp3) is 0.615. The summed E-state index contributed by atoms with van der Waals surface area (Å²) in [6.07, 6.45) is 3.10. The highest BCUT2D eigenvalue weighted by molar-refractivity contribution is 9.11. The molecule has 0 aromatic carbocycles. The molecular weight excluding hydrogens is 314 g/mol. The largest absolute Gasteiger partial charge is 0.396 e. The van der Waals surface area contributed by atoms with Crippen LogP contribution in [0.15, 0.2) is 15.9 Å². The highest BCUT2D eigenvalue weighted by atomic mass is 79.9. The summed E-state index contributed by atoms with van der Waals surface area (Å²) in [4.78, 5) is 15.0. The molecule has 1 heterocycles. The number of halogens is 1. The predicted octanol–water partition coefficient (Wildman–Crippen LogP) is 3.06. The van der Waals surface area contributed by atoms with E-state index in [2.05, 4.69) is 22.0 Å². The molecule has 0 aliphatic carbocycles. The Morgan fingerprint density at radius 1 is 1.44 bits per heavy atom. The fourth-order valence-corrected chi connectivity index (χ4v) is 3.30. The molecule has 1 rings (SSSR count). The third kappa shape index (κ3) is 5.50. The third-order valence-electron chi connectivity index (χ3n) is 2.76. The molecule has 1 N–H and O–H groups in total. The number of aliphatic hydroxyl groups excluding tert-OH is 1. The van der Waals surface area contributed by atoms with Crippen molar-refractivity contribution in [1.29, 1.82) is 0 Å². The number of amides is 1. The number of rotatable bonds is 8. The number of aryl methyl sites for hydroxylation is 1. The lowest BCUT2D eigenvalue weighted by Crippen LogP contribution is -2.32. The van der Waals surface area contributed by atoms with Gasteiger partial charge in [-0.15, -0.1) is 11.3 Å². The summed E-state index contributed by atoms with van der Waals surface area (Å²) >= 11 is 5.16. The molecule has 102 valence electrons. The van der Waals surface area contributed by atoms with Crippen molar-refractivity contribution in [2.45, 2.75) is 32.6 Å². The van der Waals surface area contributed by atoms with Crippen molar-refractivity contribution in [3.05, 3.63) is 20.8 Å². The number of carbonyl (C=O) groups excluding carboxylic acids is 1. The van der Waals surface area contributed by atoms with Gasteiger partial charge < -0.3 is 10.0 Å². The van der Waals surface area contributed by atoms with Crippen molar-refractivity contribution < 1.29 is 9.90 Å². The molecule has 0 spiro atoms. The van der Waals surface area contributed by atoms with E-state index < -0.39 is 0 Å². The first-order chi connectivity index (χ1) is 8.67. The Bertz CT molecular complexity index is 368. The van der Waals surface area contributed by atoms with Gasteiger partial charge in [-0.05, 0) is 54.2 Å². The van der Waals surface area contributed by atoms with Gasteiger partial charge in [0.05, 0.1) is 3.79 Å². The topological polar surface area (TPSA) is 40.5 Å². The molecule has 0 saturated carbocycles. The van der Waals surface area contributed by atoms with Gasteiger partial charge in [-0.3, -0.25) is 4.79 Å². The maximum atomic E-state index is 11.9.